The monoisotopic (exact) mass is 424 g/mol. The van der Waals surface area contributed by atoms with Gasteiger partial charge in [0.25, 0.3) is 0 Å². The molecule has 0 bridgehead atoms. The molecule has 0 radical (unpaired) electrons. The fourth-order valence-corrected chi connectivity index (χ4v) is 5.45. The second kappa shape index (κ2) is 6.99. The van der Waals surface area contributed by atoms with Crippen LogP contribution in [0.5, 0.6) is 5.75 Å². The summed E-state index contributed by atoms with van der Waals surface area (Å²) in [7, 11) is 0. The van der Waals surface area contributed by atoms with Crippen molar-refractivity contribution in [1.29, 1.82) is 0 Å². The largest absolute Gasteiger partial charge is 0.507 e. The summed E-state index contributed by atoms with van der Waals surface area (Å²) < 4.78 is 0. The number of phenolic OH excluding ortho intramolecular Hbond substituents is 1. The number of aromatic hydroxyl groups is 1. The highest BCUT2D eigenvalue weighted by atomic mass is 16.3. The number of Topliss-reactive ketones (excluding diaryl/α,β-unsaturated/α-hetero) is 4. The van der Waals surface area contributed by atoms with E-state index >= 15 is 0 Å². The Labute approximate surface area is 179 Å². The van der Waals surface area contributed by atoms with Gasteiger partial charge in [-0.2, -0.15) is 0 Å². The van der Waals surface area contributed by atoms with Crippen molar-refractivity contribution in [3.8, 4) is 5.75 Å². The molecule has 162 valence electrons. The number of aliphatic hydroxyl groups excluding tert-OH is 1. The lowest BCUT2D eigenvalue weighted by atomic mass is 9.57. The number of benzene rings is 1. The van der Waals surface area contributed by atoms with Gasteiger partial charge >= 0.3 is 0 Å². The third-order valence-corrected chi connectivity index (χ3v) is 6.81. The van der Waals surface area contributed by atoms with Crippen LogP contribution in [0.15, 0.2) is 28.9 Å². The van der Waals surface area contributed by atoms with Crippen molar-refractivity contribution in [2.45, 2.75) is 52.1 Å². The van der Waals surface area contributed by atoms with Gasteiger partial charge in [-0.15, -0.1) is 0 Å². The van der Waals surface area contributed by atoms with E-state index in [0.29, 0.717) is 23.1 Å². The third-order valence-electron chi connectivity index (χ3n) is 6.81. The lowest BCUT2D eigenvalue weighted by Crippen LogP contribution is -2.61. The minimum Gasteiger partial charge on any atom is -0.507 e. The molecule has 0 saturated heterocycles. The van der Waals surface area contributed by atoms with E-state index in [4.69, 9.17) is 0 Å². The number of carbonyl (C=O) groups excluding carboxylic acids is 4. The quantitative estimate of drug-likeness (QED) is 0.501. The molecule has 7 nitrogen and oxygen atoms in total. The van der Waals surface area contributed by atoms with Gasteiger partial charge in [0.2, 0.25) is 11.6 Å². The maximum Gasteiger partial charge on any atom is 0.206 e. The number of allylic oxidation sites excluding steroid dienone is 1. The first-order valence-electron chi connectivity index (χ1n) is 10.3. The zero-order valence-electron chi connectivity index (χ0n) is 17.6. The smallest absolute Gasteiger partial charge is 0.206 e. The van der Waals surface area contributed by atoms with E-state index in [1.807, 2.05) is 0 Å². The molecule has 0 heterocycles. The summed E-state index contributed by atoms with van der Waals surface area (Å²) in [6, 6.07) is 3.35. The molecule has 7 heteroatoms. The zero-order valence-corrected chi connectivity index (χ0v) is 17.6. The van der Waals surface area contributed by atoms with Crippen LogP contribution in [0.2, 0.25) is 0 Å². The average Bonchev–Trinajstić information content (AvgIpc) is 2.66. The maximum atomic E-state index is 13.4. The molecule has 3 N–H and O–H groups in total. The van der Waals surface area contributed by atoms with E-state index in [2.05, 4.69) is 0 Å². The highest BCUT2D eigenvalue weighted by Gasteiger charge is 2.60. The van der Waals surface area contributed by atoms with E-state index in [9.17, 15) is 34.5 Å². The summed E-state index contributed by atoms with van der Waals surface area (Å²) >= 11 is 0. The van der Waals surface area contributed by atoms with Gasteiger partial charge in [-0.05, 0) is 51.5 Å². The SMILES string of the molecule is CC(=O)Cc1ccc2c(c1O)C(O)=C1C(=O)[C@@]3(O)C(=O)C(C(C)=O)=C(C)C[C@H]3C[C@H]1C2. The first-order valence-corrected chi connectivity index (χ1v) is 10.3. The fraction of sp³-hybridized carbons (Fsp3) is 0.417. The summed E-state index contributed by atoms with van der Waals surface area (Å²) in [6.45, 7) is 4.26. The summed E-state index contributed by atoms with van der Waals surface area (Å²) in [4.78, 5) is 50.0. The van der Waals surface area contributed by atoms with E-state index in [-0.39, 0.29) is 47.5 Å². The van der Waals surface area contributed by atoms with Gasteiger partial charge in [-0.3, -0.25) is 19.2 Å². The molecule has 0 amide bonds. The molecule has 1 fully saturated rings. The van der Waals surface area contributed by atoms with Crippen molar-refractivity contribution < 1.29 is 34.5 Å². The molecule has 1 saturated carbocycles. The van der Waals surface area contributed by atoms with Gasteiger partial charge in [-0.1, -0.05) is 17.7 Å². The number of aliphatic hydroxyl groups is 2. The fourth-order valence-electron chi connectivity index (χ4n) is 5.45. The van der Waals surface area contributed by atoms with E-state index in [1.165, 1.54) is 13.8 Å². The third kappa shape index (κ3) is 2.91. The molecular formula is C24H24O7. The van der Waals surface area contributed by atoms with Crippen LogP contribution >= 0.6 is 0 Å². The Morgan fingerprint density at radius 1 is 1.10 bits per heavy atom. The second-order valence-electron chi connectivity index (χ2n) is 8.92. The number of phenols is 1. The van der Waals surface area contributed by atoms with E-state index in [1.54, 1.807) is 19.1 Å². The number of fused-ring (bicyclic) bond motifs is 3. The number of hydrogen-bond donors (Lipinski definition) is 3. The highest BCUT2D eigenvalue weighted by Crippen LogP contribution is 2.51. The number of rotatable bonds is 3. The summed E-state index contributed by atoms with van der Waals surface area (Å²) in [6.07, 6.45) is 0.835. The van der Waals surface area contributed by atoms with Gasteiger partial charge in [-0.25, -0.2) is 0 Å². The standard InChI is InChI=1S/C24H24O7/c1-10-6-16-9-15-8-13-4-5-14(7-11(2)25)20(27)18(13)21(28)19(15)23(30)24(16,31)22(29)17(10)12(3)26/h4-5,15-16,27-28,31H,6-9H2,1-3H3/t15-,16+,24+/m1/s1. The summed E-state index contributed by atoms with van der Waals surface area (Å²) in [5.41, 5.74) is -1.10. The Bertz CT molecular complexity index is 1140. The molecule has 0 spiro atoms. The lowest BCUT2D eigenvalue weighted by molar-refractivity contribution is -0.157. The van der Waals surface area contributed by atoms with Crippen LogP contribution in [0, 0.1) is 11.8 Å². The minimum atomic E-state index is -2.41. The van der Waals surface area contributed by atoms with Crippen molar-refractivity contribution in [3.63, 3.8) is 0 Å². The van der Waals surface area contributed by atoms with E-state index < -0.39 is 40.5 Å². The van der Waals surface area contributed by atoms with Crippen LogP contribution < -0.4 is 0 Å². The maximum absolute atomic E-state index is 13.4. The van der Waals surface area contributed by atoms with Crippen molar-refractivity contribution in [2.24, 2.45) is 11.8 Å². The van der Waals surface area contributed by atoms with Crippen LogP contribution in [0.3, 0.4) is 0 Å². The molecule has 3 aliphatic rings. The van der Waals surface area contributed by atoms with Gasteiger partial charge < -0.3 is 15.3 Å². The van der Waals surface area contributed by atoms with Gasteiger partial charge in [0.1, 0.15) is 17.3 Å². The molecule has 1 aromatic rings. The molecule has 3 aliphatic carbocycles. The molecule has 0 aliphatic heterocycles. The summed E-state index contributed by atoms with van der Waals surface area (Å²) in [5, 5.41) is 33.0. The van der Waals surface area contributed by atoms with Gasteiger partial charge in [0.05, 0.1) is 11.1 Å². The Morgan fingerprint density at radius 2 is 1.77 bits per heavy atom. The Morgan fingerprint density at radius 3 is 2.39 bits per heavy atom. The normalized spacial score (nSPS) is 27.6. The van der Waals surface area contributed by atoms with Crippen molar-refractivity contribution in [3.05, 3.63) is 45.5 Å². The minimum absolute atomic E-state index is 0.0321. The van der Waals surface area contributed by atoms with Crippen molar-refractivity contribution in [2.75, 3.05) is 0 Å². The highest BCUT2D eigenvalue weighted by molar-refractivity contribution is 6.33. The molecule has 31 heavy (non-hydrogen) atoms. The van der Waals surface area contributed by atoms with E-state index in [0.717, 1.165) is 0 Å². The Hall–Kier alpha value is -3.06. The van der Waals surface area contributed by atoms with Crippen molar-refractivity contribution in [1.82, 2.24) is 0 Å². The topological polar surface area (TPSA) is 129 Å². The van der Waals surface area contributed by atoms with Crippen LogP contribution in [-0.2, 0) is 32.0 Å². The predicted molar refractivity (Wildman–Crippen MR) is 110 cm³/mol. The van der Waals surface area contributed by atoms with Crippen LogP contribution in [0.4, 0.5) is 0 Å². The van der Waals surface area contributed by atoms with Gasteiger partial charge in [0.15, 0.2) is 11.4 Å². The van der Waals surface area contributed by atoms with Crippen LogP contribution in [0.25, 0.3) is 5.76 Å². The molecule has 0 unspecified atom stereocenters. The predicted octanol–water partition coefficient (Wildman–Crippen LogP) is 2.16. The Kier molecular flexibility index (Phi) is 4.77. The Balaban J connectivity index is 1.87. The first-order chi connectivity index (χ1) is 14.5. The van der Waals surface area contributed by atoms with Crippen molar-refractivity contribution >= 4 is 28.9 Å². The lowest BCUT2D eigenvalue weighted by Gasteiger charge is -2.46. The molecule has 0 aromatic heterocycles. The molecule has 3 atom stereocenters. The van der Waals surface area contributed by atoms with Crippen LogP contribution in [-0.4, -0.2) is 44.1 Å². The molecule has 1 aromatic carbocycles. The van der Waals surface area contributed by atoms with Gasteiger partial charge in [0, 0.05) is 23.5 Å². The zero-order chi connectivity index (χ0) is 22.8. The first kappa shape index (κ1) is 21.2. The molecular weight excluding hydrogens is 400 g/mol. The number of hydrogen-bond acceptors (Lipinski definition) is 7. The molecule has 4 rings (SSSR count). The summed E-state index contributed by atoms with van der Waals surface area (Å²) in [5.74, 6) is -4.39. The van der Waals surface area contributed by atoms with Crippen LogP contribution in [0.1, 0.15) is 50.3 Å². The second-order valence-corrected chi connectivity index (χ2v) is 8.92. The average molecular weight is 424 g/mol. The number of ketones is 4. The number of carbonyl (C=O) groups is 4.